The zero-order valence-corrected chi connectivity index (χ0v) is 12.4. The molecule has 0 radical (unpaired) electrons. The van der Waals surface area contributed by atoms with E-state index in [0.29, 0.717) is 0 Å². The van der Waals surface area contributed by atoms with E-state index in [1.165, 1.54) is 12.8 Å². The fourth-order valence-corrected chi connectivity index (χ4v) is 3.02. The van der Waals surface area contributed by atoms with Crippen LogP contribution in [0.4, 0.5) is 5.69 Å². The Labute approximate surface area is 130 Å². The Morgan fingerprint density at radius 3 is 2.45 bits per heavy atom. The fraction of sp³-hybridized carbons (Fsp3) is 0.278. The van der Waals surface area contributed by atoms with E-state index in [-0.39, 0.29) is 6.04 Å². The molecule has 1 saturated heterocycles. The molecule has 1 atom stereocenters. The number of hydrogen-bond acceptors (Lipinski definition) is 3. The van der Waals surface area contributed by atoms with Crippen molar-refractivity contribution in [3.63, 3.8) is 0 Å². The summed E-state index contributed by atoms with van der Waals surface area (Å²) in [5, 5.41) is 11.1. The van der Waals surface area contributed by atoms with E-state index in [9.17, 15) is 0 Å². The summed E-state index contributed by atoms with van der Waals surface area (Å²) in [5.41, 5.74) is 4.25. The Morgan fingerprint density at radius 2 is 1.64 bits per heavy atom. The molecule has 0 spiro atoms. The molecular formula is C18H18N4. The molecule has 0 saturated carbocycles. The predicted octanol–water partition coefficient (Wildman–Crippen LogP) is 4.33. The van der Waals surface area contributed by atoms with Gasteiger partial charge < -0.3 is 0 Å². The fourth-order valence-electron chi connectivity index (χ4n) is 3.02. The first kappa shape index (κ1) is 13.2. The number of rotatable bonds is 3. The number of aliphatic imine (C=N–C) groups is 1. The predicted molar refractivity (Wildman–Crippen MR) is 87.5 cm³/mol. The van der Waals surface area contributed by atoms with Crippen molar-refractivity contribution in [3.8, 4) is 0 Å². The second kappa shape index (κ2) is 5.72. The lowest BCUT2D eigenvalue weighted by molar-refractivity contribution is 0.327. The van der Waals surface area contributed by atoms with Crippen LogP contribution in [-0.2, 0) is 0 Å². The molecule has 2 aromatic carbocycles. The minimum absolute atomic E-state index is 0.0980. The van der Waals surface area contributed by atoms with Gasteiger partial charge in [0.2, 0.25) is 0 Å². The van der Waals surface area contributed by atoms with Crippen LogP contribution in [0.5, 0.6) is 0 Å². The van der Waals surface area contributed by atoms with E-state index in [4.69, 9.17) is 4.99 Å². The summed E-state index contributed by atoms with van der Waals surface area (Å²) in [6.45, 7) is 2.02. The van der Waals surface area contributed by atoms with Gasteiger partial charge in [0.1, 0.15) is 6.04 Å². The van der Waals surface area contributed by atoms with Crippen LogP contribution in [0, 0.1) is 0 Å². The molecule has 0 aromatic heterocycles. The van der Waals surface area contributed by atoms with Gasteiger partial charge in [-0.2, -0.15) is 5.11 Å². The molecule has 2 aromatic rings. The topological polar surface area (TPSA) is 40.3 Å². The van der Waals surface area contributed by atoms with Gasteiger partial charge in [0, 0.05) is 18.7 Å². The second-order valence-corrected chi connectivity index (χ2v) is 5.69. The van der Waals surface area contributed by atoms with E-state index >= 15 is 0 Å². The number of fused-ring (bicyclic) bond motifs is 1. The Bertz CT molecular complexity index is 715. The summed E-state index contributed by atoms with van der Waals surface area (Å²) in [4.78, 5) is 4.79. The molecule has 4 nitrogen and oxygen atoms in total. The smallest absolute Gasteiger partial charge is 0.142 e. The highest BCUT2D eigenvalue weighted by Gasteiger charge is 2.28. The van der Waals surface area contributed by atoms with E-state index in [1.54, 1.807) is 0 Å². The first-order chi connectivity index (χ1) is 10.9. The summed E-state index contributed by atoms with van der Waals surface area (Å²) in [7, 11) is 0. The van der Waals surface area contributed by atoms with Crippen LogP contribution in [0.25, 0.3) is 0 Å². The SMILES string of the molecule is c1ccc(C2=Nc3ccccc3C2N=NN2CCCC2)cc1. The summed E-state index contributed by atoms with van der Waals surface area (Å²) in [6, 6.07) is 18.4. The normalized spacial score (nSPS) is 20.5. The van der Waals surface area contributed by atoms with Crippen molar-refractivity contribution in [1.82, 2.24) is 5.01 Å². The Morgan fingerprint density at radius 1 is 0.909 bits per heavy atom. The number of nitrogens with zero attached hydrogens (tertiary/aromatic N) is 4. The molecule has 0 N–H and O–H groups in total. The van der Waals surface area contributed by atoms with E-state index in [0.717, 1.165) is 35.6 Å². The van der Waals surface area contributed by atoms with Gasteiger partial charge in [0.25, 0.3) is 0 Å². The number of para-hydroxylation sites is 1. The molecule has 4 rings (SSSR count). The first-order valence-corrected chi connectivity index (χ1v) is 7.80. The van der Waals surface area contributed by atoms with Crippen molar-refractivity contribution in [3.05, 3.63) is 65.7 Å². The summed E-state index contributed by atoms with van der Waals surface area (Å²) >= 11 is 0. The lowest BCUT2D eigenvalue weighted by Crippen LogP contribution is -2.13. The average molecular weight is 290 g/mol. The molecule has 0 bridgehead atoms. The monoisotopic (exact) mass is 290 g/mol. The van der Waals surface area contributed by atoms with E-state index < -0.39 is 0 Å². The number of benzene rings is 2. The van der Waals surface area contributed by atoms with E-state index in [1.807, 2.05) is 36.4 Å². The molecule has 0 amide bonds. The van der Waals surface area contributed by atoms with Crippen molar-refractivity contribution >= 4 is 11.4 Å². The second-order valence-electron chi connectivity index (χ2n) is 5.69. The summed E-state index contributed by atoms with van der Waals surface area (Å²) < 4.78 is 0. The molecule has 22 heavy (non-hydrogen) atoms. The Balaban J connectivity index is 1.70. The van der Waals surface area contributed by atoms with Crippen molar-refractivity contribution in [1.29, 1.82) is 0 Å². The van der Waals surface area contributed by atoms with Crippen LogP contribution in [-0.4, -0.2) is 23.8 Å². The van der Waals surface area contributed by atoms with Crippen molar-refractivity contribution < 1.29 is 0 Å². The zero-order valence-electron chi connectivity index (χ0n) is 12.4. The highest BCUT2D eigenvalue weighted by Crippen LogP contribution is 2.38. The van der Waals surface area contributed by atoms with Crippen LogP contribution in [0.15, 0.2) is 69.9 Å². The zero-order chi connectivity index (χ0) is 14.8. The van der Waals surface area contributed by atoms with Gasteiger partial charge in [0.15, 0.2) is 0 Å². The Hall–Kier alpha value is -2.49. The van der Waals surface area contributed by atoms with Gasteiger partial charge in [-0.05, 0) is 24.5 Å². The van der Waals surface area contributed by atoms with Gasteiger partial charge in [-0.1, -0.05) is 53.8 Å². The van der Waals surface area contributed by atoms with E-state index in [2.05, 4.69) is 33.5 Å². The summed E-state index contributed by atoms with van der Waals surface area (Å²) in [5.74, 6) is 0. The molecule has 1 fully saturated rings. The highest BCUT2D eigenvalue weighted by molar-refractivity contribution is 6.09. The van der Waals surface area contributed by atoms with Gasteiger partial charge in [-0.15, -0.1) is 0 Å². The first-order valence-electron chi connectivity index (χ1n) is 7.80. The highest BCUT2D eigenvalue weighted by atomic mass is 15.5. The largest absolute Gasteiger partial charge is 0.279 e. The quantitative estimate of drug-likeness (QED) is 0.776. The third kappa shape index (κ3) is 2.41. The van der Waals surface area contributed by atoms with Crippen LogP contribution in [0.3, 0.4) is 0 Å². The summed E-state index contributed by atoms with van der Waals surface area (Å²) in [6.07, 6.45) is 2.42. The molecule has 2 heterocycles. The van der Waals surface area contributed by atoms with Crippen molar-refractivity contribution in [2.24, 2.45) is 15.3 Å². The maximum absolute atomic E-state index is 4.79. The lowest BCUT2D eigenvalue weighted by Gasteiger charge is -2.12. The van der Waals surface area contributed by atoms with Crippen LogP contribution >= 0.6 is 0 Å². The average Bonchev–Trinajstić information content (AvgIpc) is 3.21. The minimum atomic E-state index is -0.0980. The van der Waals surface area contributed by atoms with Gasteiger partial charge >= 0.3 is 0 Å². The van der Waals surface area contributed by atoms with Crippen molar-refractivity contribution in [2.45, 2.75) is 18.9 Å². The third-order valence-corrected chi connectivity index (χ3v) is 4.18. The minimum Gasteiger partial charge on any atom is -0.279 e. The third-order valence-electron chi connectivity index (χ3n) is 4.18. The molecule has 110 valence electrons. The maximum atomic E-state index is 4.79. The maximum Gasteiger partial charge on any atom is 0.142 e. The molecule has 4 heteroatoms. The molecule has 1 unspecified atom stereocenters. The van der Waals surface area contributed by atoms with Crippen LogP contribution in [0.2, 0.25) is 0 Å². The van der Waals surface area contributed by atoms with Crippen LogP contribution < -0.4 is 0 Å². The number of hydrogen-bond donors (Lipinski definition) is 0. The van der Waals surface area contributed by atoms with Gasteiger partial charge in [0.05, 0.1) is 11.4 Å². The lowest BCUT2D eigenvalue weighted by atomic mass is 10.00. The molecule has 2 aliphatic heterocycles. The standard InChI is InChI=1S/C18H18N4/c1-2-8-14(9-3-1)17-18(20-21-22-12-6-7-13-22)15-10-4-5-11-16(15)19-17/h1-5,8-11,18H,6-7,12-13H2. The van der Waals surface area contributed by atoms with Crippen LogP contribution in [0.1, 0.15) is 30.0 Å². The molecule has 2 aliphatic rings. The van der Waals surface area contributed by atoms with Gasteiger partial charge in [-0.3, -0.25) is 5.01 Å². The van der Waals surface area contributed by atoms with Gasteiger partial charge in [-0.25, -0.2) is 4.99 Å². The Kier molecular flexibility index (Phi) is 3.43. The molecular weight excluding hydrogens is 272 g/mol. The van der Waals surface area contributed by atoms with Crippen molar-refractivity contribution in [2.75, 3.05) is 13.1 Å². The molecule has 0 aliphatic carbocycles.